The van der Waals surface area contributed by atoms with Crippen LogP contribution < -0.4 is 5.32 Å². The first-order chi connectivity index (χ1) is 24.8. The number of nitrogens with one attached hydrogen (secondary N) is 1. The highest BCUT2D eigenvalue weighted by atomic mass is 32.2. The van der Waals surface area contributed by atoms with E-state index < -0.39 is 27.9 Å². The fourth-order valence-electron chi connectivity index (χ4n) is 15.5. The number of halogens is 1. The molecule has 2 bridgehead atoms. The molecular formula is C44H65FN2O5S. The Bertz CT molecular complexity index is 1770. The molecule has 53 heavy (non-hydrogen) atoms. The predicted molar refractivity (Wildman–Crippen MR) is 206 cm³/mol. The van der Waals surface area contributed by atoms with Crippen LogP contribution in [-0.4, -0.2) is 72.6 Å². The smallest absolute Gasteiger partial charge is 0.312 e. The normalized spacial score (nSPS) is 47.8. The topological polar surface area (TPSA) is 104 Å². The van der Waals surface area contributed by atoms with Gasteiger partial charge in [0, 0.05) is 18.1 Å². The molecule has 7 nitrogen and oxygen atoms in total. The first-order valence-electron chi connectivity index (χ1n) is 20.9. The first kappa shape index (κ1) is 37.9. The molecule has 2 aliphatic heterocycles. The van der Waals surface area contributed by atoms with Crippen molar-refractivity contribution in [1.82, 2.24) is 10.2 Å². The van der Waals surface area contributed by atoms with Crippen LogP contribution in [0.4, 0.5) is 4.39 Å². The second-order valence-corrected chi connectivity index (χ2v) is 23.1. The zero-order valence-corrected chi connectivity index (χ0v) is 34.1. The van der Waals surface area contributed by atoms with Crippen molar-refractivity contribution in [3.8, 4) is 0 Å². The Hall–Kier alpha value is -2.00. The number of hydrogen-bond donors (Lipinski definition) is 2. The summed E-state index contributed by atoms with van der Waals surface area (Å²) in [4.78, 5) is 27.5. The lowest BCUT2D eigenvalue weighted by molar-refractivity contribution is -0.221. The van der Waals surface area contributed by atoms with Crippen LogP contribution in [0.15, 0.2) is 35.5 Å². The molecule has 2 saturated heterocycles. The lowest BCUT2D eigenvalue weighted by Gasteiger charge is -2.72. The van der Waals surface area contributed by atoms with Crippen molar-refractivity contribution in [2.24, 2.45) is 56.7 Å². The van der Waals surface area contributed by atoms with Crippen LogP contribution in [0.1, 0.15) is 125 Å². The summed E-state index contributed by atoms with van der Waals surface area (Å²) in [5.41, 5.74) is 2.96. The second-order valence-electron chi connectivity index (χ2n) is 20.8. The number of rotatable bonds is 7. The maximum atomic E-state index is 14.0. The van der Waals surface area contributed by atoms with Crippen molar-refractivity contribution in [2.75, 3.05) is 25.5 Å². The highest BCUT2D eigenvalue weighted by molar-refractivity contribution is 7.92. The summed E-state index contributed by atoms with van der Waals surface area (Å²) < 4.78 is 38.8. The number of nitrogens with zero attached hydrogens (tertiary/aromatic N) is 1. The molecule has 2 heterocycles. The zero-order valence-electron chi connectivity index (χ0n) is 33.2. The molecule has 0 radical (unpaired) electrons. The van der Waals surface area contributed by atoms with Crippen LogP contribution in [0.25, 0.3) is 0 Å². The maximum absolute atomic E-state index is 14.0. The summed E-state index contributed by atoms with van der Waals surface area (Å²) in [7, 11) is -3.05. The summed E-state index contributed by atoms with van der Waals surface area (Å²) in [5, 5.41) is 13.4. The molecule has 294 valence electrons. The lowest BCUT2D eigenvalue weighted by Crippen LogP contribution is -2.68. The number of carbonyl (C=O) groups excluding carboxylic acids is 1. The number of hydrogen-bond acceptors (Lipinski definition) is 5. The summed E-state index contributed by atoms with van der Waals surface area (Å²) in [6.07, 6.45) is 16.6. The van der Waals surface area contributed by atoms with Crippen molar-refractivity contribution in [2.45, 2.75) is 142 Å². The Kier molecular flexibility index (Phi) is 8.76. The van der Waals surface area contributed by atoms with Gasteiger partial charge in [-0.2, -0.15) is 0 Å². The number of carbonyl (C=O) groups is 2. The van der Waals surface area contributed by atoms with E-state index in [0.29, 0.717) is 55.4 Å². The minimum atomic E-state index is -3.05. The Morgan fingerprint density at radius 1 is 0.962 bits per heavy atom. The Morgan fingerprint density at radius 3 is 2.32 bits per heavy atom. The Morgan fingerprint density at radius 2 is 1.72 bits per heavy atom. The molecule has 9 heteroatoms. The average Bonchev–Trinajstić information content (AvgIpc) is 3.78. The predicted octanol–water partition coefficient (Wildman–Crippen LogP) is 8.07. The van der Waals surface area contributed by atoms with Gasteiger partial charge < -0.3 is 15.3 Å². The van der Waals surface area contributed by atoms with Gasteiger partial charge in [0.15, 0.2) is 9.84 Å². The molecule has 1 amide bonds. The van der Waals surface area contributed by atoms with Gasteiger partial charge in [-0.15, -0.1) is 0 Å². The maximum Gasteiger partial charge on any atom is 0.312 e. The number of carboxylic acid groups (broad SMARTS) is 1. The molecule has 0 unspecified atom stereocenters. The fourth-order valence-corrected chi connectivity index (χ4v) is 17.5. The van der Waals surface area contributed by atoms with Crippen LogP contribution in [-0.2, 0) is 19.4 Å². The van der Waals surface area contributed by atoms with Gasteiger partial charge in [0.05, 0.1) is 23.0 Å². The molecule has 0 aromatic rings. The molecule has 0 aromatic heterocycles. The summed E-state index contributed by atoms with van der Waals surface area (Å²) in [6.45, 7) is 19.3. The monoisotopic (exact) mass is 752 g/mol. The van der Waals surface area contributed by atoms with E-state index in [0.717, 1.165) is 32.1 Å². The highest BCUT2D eigenvalue weighted by Gasteiger charge is 2.70. The number of alkyl halides is 1. The van der Waals surface area contributed by atoms with Crippen molar-refractivity contribution >= 4 is 21.7 Å². The number of aliphatic carboxylic acids is 1. The van der Waals surface area contributed by atoms with Crippen LogP contribution in [0.2, 0.25) is 0 Å². The van der Waals surface area contributed by atoms with Gasteiger partial charge in [-0.25, -0.2) is 12.8 Å². The van der Waals surface area contributed by atoms with Crippen molar-refractivity contribution < 1.29 is 27.5 Å². The van der Waals surface area contributed by atoms with Crippen LogP contribution in [0, 0.1) is 56.7 Å². The van der Waals surface area contributed by atoms with Gasteiger partial charge in [0.25, 0.3) is 0 Å². The van der Waals surface area contributed by atoms with Crippen molar-refractivity contribution in [1.29, 1.82) is 0 Å². The molecular weight excluding hydrogens is 688 g/mol. The molecule has 8 rings (SSSR count). The molecule has 6 aliphatic carbocycles. The van der Waals surface area contributed by atoms with E-state index in [1.165, 1.54) is 42.4 Å². The third-order valence-electron chi connectivity index (χ3n) is 18.5. The van der Waals surface area contributed by atoms with Crippen LogP contribution >= 0.6 is 0 Å². The molecule has 8 aliphatic rings. The fraction of sp³-hybridized carbons (Fsp3) is 0.818. The van der Waals surface area contributed by atoms with E-state index in [4.69, 9.17) is 0 Å². The van der Waals surface area contributed by atoms with Gasteiger partial charge in [-0.1, -0.05) is 58.9 Å². The highest BCUT2D eigenvalue weighted by Crippen LogP contribution is 2.76. The third-order valence-corrected chi connectivity index (χ3v) is 20.7. The van der Waals surface area contributed by atoms with Crippen LogP contribution in [0.3, 0.4) is 0 Å². The molecule has 0 aromatic carbocycles. The number of amides is 1. The van der Waals surface area contributed by atoms with Gasteiger partial charge in [-0.3, -0.25) is 9.59 Å². The number of sulfone groups is 1. The van der Waals surface area contributed by atoms with Gasteiger partial charge >= 0.3 is 5.97 Å². The van der Waals surface area contributed by atoms with Gasteiger partial charge in [0.2, 0.25) is 5.91 Å². The van der Waals surface area contributed by atoms with E-state index in [1.807, 2.05) is 4.90 Å². The molecule has 4 saturated carbocycles. The van der Waals surface area contributed by atoms with Gasteiger partial charge in [0.1, 0.15) is 6.67 Å². The number of likely N-dealkylation sites (tertiary alicyclic amines) is 1. The SMILES string of the molecule is C=C(C)[C@@H]1CC[C@]2(NCC(=O)N3C[C@@H]4C[C@H]3CS4(=O)=O)CC[C@]3(C)[C@H](CC[C@@H]4[C@@]5(C)CC=C(C6=CC[C@](CF)(C(=O)O)CC6)C(C)(C)[C@@H]5CC[C@]43C)[C@@H]12. The summed E-state index contributed by atoms with van der Waals surface area (Å²) >= 11 is 0. The number of fused-ring (bicyclic) bond motifs is 9. The van der Waals surface area contributed by atoms with Crippen molar-refractivity contribution in [3.63, 3.8) is 0 Å². The van der Waals surface area contributed by atoms with Gasteiger partial charge in [-0.05, 0) is 153 Å². The molecule has 2 N–H and O–H groups in total. The number of allylic oxidation sites excluding steroid dienone is 5. The van der Waals surface area contributed by atoms with Crippen LogP contribution in [0.5, 0.6) is 0 Å². The lowest BCUT2D eigenvalue weighted by atomic mass is 9.33. The molecule has 12 atom stereocenters. The summed E-state index contributed by atoms with van der Waals surface area (Å²) in [6, 6.07) is -0.159. The van der Waals surface area contributed by atoms with E-state index in [9.17, 15) is 27.5 Å². The number of carboxylic acids is 1. The molecule has 0 spiro atoms. The molecule has 6 fully saturated rings. The zero-order chi connectivity index (χ0) is 38.1. The summed E-state index contributed by atoms with van der Waals surface area (Å²) in [5.74, 6) is 1.68. The van der Waals surface area contributed by atoms with E-state index in [1.54, 1.807) is 0 Å². The Labute approximate surface area is 318 Å². The largest absolute Gasteiger partial charge is 0.481 e. The first-order valence-corrected chi connectivity index (χ1v) is 22.6. The van der Waals surface area contributed by atoms with E-state index in [-0.39, 0.29) is 63.1 Å². The standard InChI is InChI=1S/C44H65FN2O5S/c1-27(2)31-12-19-44(46-23-36(48)47-24-30-22-29(47)25-53(30,51)52)21-20-41(6)33(37(31)44)8-9-35-40(5)15-13-32(39(3,4)34(40)14-16-42(35,41)7)28-10-17-43(26-45,18-11-28)38(49)50/h10,13,29-31,33-35,37,46H,1,8-9,11-12,14-26H2,2-7H3,(H,49,50)/t29-,30-,31-,33+,34-,35+,37+,40-,41+,42+,43-,44-/m0/s1. The minimum absolute atomic E-state index is 0.0510. The quantitative estimate of drug-likeness (QED) is 0.255. The Balaban J connectivity index is 1.05. The minimum Gasteiger partial charge on any atom is -0.481 e. The third kappa shape index (κ3) is 5.19. The average molecular weight is 753 g/mol. The van der Waals surface area contributed by atoms with Crippen molar-refractivity contribution in [3.05, 3.63) is 35.5 Å². The second kappa shape index (κ2) is 12.2. The van der Waals surface area contributed by atoms with E-state index in [2.05, 4.69) is 65.6 Å². The van der Waals surface area contributed by atoms with E-state index >= 15 is 0 Å².